The fourth-order valence-corrected chi connectivity index (χ4v) is 6.89. The number of rotatable bonds is 6. The number of aliphatic hydroxyl groups is 1. The Bertz CT molecular complexity index is 1890. The second-order valence-electron chi connectivity index (χ2n) is 17.1. The van der Waals surface area contributed by atoms with E-state index in [1.807, 2.05) is 0 Å². The van der Waals surface area contributed by atoms with Crippen molar-refractivity contribution in [3.63, 3.8) is 0 Å². The molecule has 3 aromatic carbocycles. The van der Waals surface area contributed by atoms with Crippen molar-refractivity contribution in [2.24, 2.45) is 16.7 Å². The molecule has 0 amide bonds. The molecule has 1 aliphatic rings. The summed E-state index contributed by atoms with van der Waals surface area (Å²) in [6.45, 7) is 21.4. The molecule has 3 nitrogen and oxygen atoms in total. The zero-order chi connectivity index (χ0) is 37.4. The molecule has 7 heteroatoms. The summed E-state index contributed by atoms with van der Waals surface area (Å²) in [4.78, 5) is 16.5. The number of halogens is 3. The smallest absolute Gasteiger partial charge is 0.400 e. The van der Waals surface area contributed by atoms with Crippen molar-refractivity contribution in [1.82, 2.24) is 4.98 Å². The third-order valence-corrected chi connectivity index (χ3v) is 10.2. The van der Waals surface area contributed by atoms with Crippen molar-refractivity contribution in [3.05, 3.63) is 88.7 Å². The van der Waals surface area contributed by atoms with Crippen molar-refractivity contribution in [3.8, 4) is 11.3 Å². The zero-order valence-electron chi connectivity index (χ0n) is 32.2. The molecule has 1 fully saturated rings. The van der Waals surface area contributed by atoms with E-state index in [4.69, 9.17) is 4.98 Å². The molecule has 4 aromatic rings. The second-order valence-corrected chi connectivity index (χ2v) is 17.1. The van der Waals surface area contributed by atoms with Crippen LogP contribution in [0.15, 0.2) is 60.4 Å². The summed E-state index contributed by atoms with van der Waals surface area (Å²) in [5.41, 5.74) is 6.92. The molecule has 0 aliphatic heterocycles. The molecule has 279 valence electrons. The van der Waals surface area contributed by atoms with Crippen molar-refractivity contribution in [2.45, 2.75) is 126 Å². The Morgan fingerprint density at radius 3 is 2.18 bits per heavy atom. The van der Waals surface area contributed by atoms with Gasteiger partial charge in [-0.15, -0.1) is 29.1 Å². The number of aliphatic hydroxyl groups excluding tert-OH is 1. The van der Waals surface area contributed by atoms with Crippen LogP contribution in [0.25, 0.3) is 32.9 Å². The Kier molecular flexibility index (Phi) is 13.2. The van der Waals surface area contributed by atoms with Gasteiger partial charge in [0.05, 0.1) is 5.52 Å². The Hall–Kier alpha value is -3.02. The van der Waals surface area contributed by atoms with Gasteiger partial charge in [-0.3, -0.25) is 9.78 Å². The van der Waals surface area contributed by atoms with Crippen LogP contribution in [0.5, 0.6) is 0 Å². The summed E-state index contributed by atoms with van der Waals surface area (Å²) >= 11 is 0. The molecule has 0 bridgehead atoms. The van der Waals surface area contributed by atoms with Gasteiger partial charge in [-0.1, -0.05) is 89.7 Å². The second kappa shape index (κ2) is 15.9. The van der Waals surface area contributed by atoms with E-state index >= 15 is 0 Å². The third kappa shape index (κ3) is 10.1. The van der Waals surface area contributed by atoms with Crippen molar-refractivity contribution in [2.75, 3.05) is 0 Å². The Morgan fingerprint density at radius 1 is 1.00 bits per heavy atom. The number of hydrogen-bond acceptors (Lipinski definition) is 3. The number of fused-ring (bicyclic) bond motifs is 2. The predicted octanol–water partition coefficient (Wildman–Crippen LogP) is 13.1. The number of aromatic nitrogens is 1. The van der Waals surface area contributed by atoms with Crippen LogP contribution < -0.4 is 0 Å². The molecule has 1 aromatic heterocycles. The summed E-state index contributed by atoms with van der Waals surface area (Å²) < 4.78 is 37.5. The van der Waals surface area contributed by atoms with Crippen LogP contribution in [0.4, 0.5) is 13.2 Å². The topological polar surface area (TPSA) is 50.2 Å². The monoisotopic (exact) mass is 879 g/mol. The first-order valence-corrected chi connectivity index (χ1v) is 17.9. The molecular formula is C44H55F3IrNO2-. The standard InChI is InChI=1S/C33H38N.C11H17F3O2.Ir/c1-21-16-22(2)31-27(23-12-14-33(6,7)15-13-23)20-29(34-30(31)17-21)25-18-24-10-8-9-11-26(24)28(19-25)32(3,4)5;1-7(2)5-8(15)6-9(16)10(3,4)11(12,13)14;/h8-11,16-17,19-20,23H,12-15H2,1-7H3;6-7,16H,5H2,1-4H3;/q-1;;/b;9-6-;. The summed E-state index contributed by atoms with van der Waals surface area (Å²) in [5, 5.41) is 13.2. The van der Waals surface area contributed by atoms with E-state index in [2.05, 4.69) is 103 Å². The van der Waals surface area contributed by atoms with E-state index < -0.39 is 23.1 Å². The minimum Gasteiger partial charge on any atom is -0.511 e. The minimum atomic E-state index is -4.58. The van der Waals surface area contributed by atoms with Gasteiger partial charge in [0.1, 0.15) is 11.2 Å². The van der Waals surface area contributed by atoms with Crippen molar-refractivity contribution in [1.29, 1.82) is 0 Å². The van der Waals surface area contributed by atoms with E-state index in [0.717, 1.165) is 30.6 Å². The molecule has 1 aliphatic carbocycles. The molecule has 1 heterocycles. The number of carbonyl (C=O) groups is 1. The molecule has 51 heavy (non-hydrogen) atoms. The number of ketones is 1. The van der Waals surface area contributed by atoms with Crippen LogP contribution in [0.2, 0.25) is 0 Å². The minimum absolute atomic E-state index is 0. The van der Waals surface area contributed by atoms with Crippen LogP contribution in [0.1, 0.15) is 123 Å². The average molecular weight is 879 g/mol. The first-order chi connectivity index (χ1) is 23.0. The number of nitrogens with zero attached hydrogens (tertiary/aromatic N) is 1. The maximum absolute atomic E-state index is 12.5. The van der Waals surface area contributed by atoms with Crippen LogP contribution in [-0.4, -0.2) is 22.1 Å². The molecule has 0 spiro atoms. The number of carbonyl (C=O) groups excluding carboxylic acids is 1. The fourth-order valence-electron chi connectivity index (χ4n) is 6.89. The molecule has 1 radical (unpaired) electrons. The number of benzene rings is 3. The Morgan fingerprint density at radius 2 is 1.61 bits per heavy atom. The number of pyridine rings is 1. The van der Waals surface area contributed by atoms with Crippen LogP contribution in [0, 0.1) is 36.7 Å². The van der Waals surface area contributed by atoms with E-state index in [1.165, 1.54) is 64.1 Å². The predicted molar refractivity (Wildman–Crippen MR) is 202 cm³/mol. The molecular weight excluding hydrogens is 824 g/mol. The number of alkyl halides is 3. The summed E-state index contributed by atoms with van der Waals surface area (Å²) in [7, 11) is 0. The molecule has 1 N–H and O–H groups in total. The summed E-state index contributed by atoms with van der Waals surface area (Å²) in [6, 6.07) is 21.7. The molecule has 0 saturated heterocycles. The van der Waals surface area contributed by atoms with E-state index in [-0.39, 0.29) is 37.9 Å². The van der Waals surface area contributed by atoms with Gasteiger partial charge in [0.2, 0.25) is 0 Å². The van der Waals surface area contributed by atoms with Crippen LogP contribution in [0.3, 0.4) is 0 Å². The molecule has 1 saturated carbocycles. The first-order valence-electron chi connectivity index (χ1n) is 17.9. The van der Waals surface area contributed by atoms with Crippen LogP contribution in [-0.2, 0) is 30.3 Å². The fraction of sp³-hybridized carbons (Fsp3) is 0.500. The van der Waals surface area contributed by atoms with Gasteiger partial charge < -0.3 is 5.11 Å². The normalized spacial score (nSPS) is 15.8. The maximum atomic E-state index is 12.5. The van der Waals surface area contributed by atoms with Crippen LogP contribution >= 0.6 is 0 Å². The zero-order valence-corrected chi connectivity index (χ0v) is 34.6. The first kappa shape index (κ1) is 42.4. The van der Waals surface area contributed by atoms with Gasteiger partial charge in [0.25, 0.3) is 0 Å². The van der Waals surface area contributed by atoms with Gasteiger partial charge in [0.15, 0.2) is 5.78 Å². The maximum Gasteiger partial charge on any atom is 0.400 e. The van der Waals surface area contributed by atoms with Gasteiger partial charge in [-0.25, -0.2) is 0 Å². The van der Waals surface area contributed by atoms with E-state index in [9.17, 15) is 23.1 Å². The Balaban J connectivity index is 0.000000353. The number of aryl methyl sites for hydroxylation is 2. The third-order valence-electron chi connectivity index (χ3n) is 10.2. The van der Waals surface area contributed by atoms with E-state index in [0.29, 0.717) is 17.4 Å². The van der Waals surface area contributed by atoms with Crippen molar-refractivity contribution < 1.29 is 43.2 Å². The number of hydrogen-bond donors (Lipinski definition) is 1. The average Bonchev–Trinajstić information content (AvgIpc) is 2.98. The quantitative estimate of drug-likeness (QED) is 0.119. The molecule has 0 unspecified atom stereocenters. The van der Waals surface area contributed by atoms with Gasteiger partial charge in [-0.05, 0) is 98.8 Å². The van der Waals surface area contributed by atoms with Gasteiger partial charge >= 0.3 is 6.18 Å². The Labute approximate surface area is 316 Å². The summed E-state index contributed by atoms with van der Waals surface area (Å²) in [6.07, 6.45) is 1.31. The summed E-state index contributed by atoms with van der Waals surface area (Å²) in [5.74, 6) is -0.790. The largest absolute Gasteiger partial charge is 0.511 e. The van der Waals surface area contributed by atoms with E-state index in [1.54, 1.807) is 13.8 Å². The SMILES string of the molecule is CC(C)CC(=O)/C=C(\O)C(C)(C)C(F)(F)F.Cc1cc(C)c2c(C3CCC(C)(C)CC3)cc(-c3[c-]c4ccccc4c(C(C)(C)C)c3)nc2c1.[Ir]. The van der Waals surface area contributed by atoms with Gasteiger partial charge in [-0.2, -0.15) is 13.2 Å². The van der Waals surface area contributed by atoms with Gasteiger partial charge in [0, 0.05) is 43.7 Å². The van der Waals surface area contributed by atoms with Crippen molar-refractivity contribution >= 4 is 27.5 Å². The number of allylic oxidation sites excluding steroid dienone is 2. The molecule has 5 rings (SSSR count). The molecule has 0 atom stereocenters.